The van der Waals surface area contributed by atoms with Crippen LogP contribution in [0.3, 0.4) is 0 Å². The smallest absolute Gasteiger partial charge is 0.329 e. The molecule has 1 aliphatic carbocycles. The first kappa shape index (κ1) is 15.1. The summed E-state index contributed by atoms with van der Waals surface area (Å²) >= 11 is 0. The van der Waals surface area contributed by atoms with Gasteiger partial charge in [0.1, 0.15) is 5.54 Å². The van der Waals surface area contributed by atoms with Gasteiger partial charge in [-0.1, -0.05) is 13.3 Å². The molecule has 1 saturated heterocycles. The fraction of sp³-hybridized carbons (Fsp3) is 0.857. The number of rotatable bonds is 6. The number of hydrogen-bond acceptors (Lipinski definition) is 3. The van der Waals surface area contributed by atoms with E-state index in [-0.39, 0.29) is 12.1 Å². The van der Waals surface area contributed by atoms with Crippen LogP contribution in [0.15, 0.2) is 0 Å². The predicted molar refractivity (Wildman–Crippen MR) is 73.5 cm³/mol. The predicted octanol–water partition coefficient (Wildman–Crippen LogP) is 1.50. The summed E-state index contributed by atoms with van der Waals surface area (Å²) < 4.78 is 5.66. The van der Waals surface area contributed by atoms with E-state index < -0.39 is 17.5 Å². The van der Waals surface area contributed by atoms with Crippen molar-refractivity contribution in [3.8, 4) is 0 Å². The van der Waals surface area contributed by atoms with E-state index in [0.29, 0.717) is 25.4 Å². The van der Waals surface area contributed by atoms with Crippen molar-refractivity contribution in [3.63, 3.8) is 0 Å². The zero-order chi connectivity index (χ0) is 14.8. The molecule has 0 bridgehead atoms. The summed E-state index contributed by atoms with van der Waals surface area (Å²) in [5.41, 5.74) is -1.21. The number of urea groups is 1. The number of carbonyl (C=O) groups is 2. The maximum absolute atomic E-state index is 12.0. The van der Waals surface area contributed by atoms with Gasteiger partial charge in [0.05, 0.1) is 12.1 Å². The third kappa shape index (κ3) is 3.42. The Hall–Kier alpha value is -1.30. The third-order valence-electron chi connectivity index (χ3n) is 4.15. The number of aliphatic carboxylic acids is 1. The van der Waals surface area contributed by atoms with E-state index in [1.54, 1.807) is 6.92 Å². The molecule has 114 valence electrons. The second-order valence-electron chi connectivity index (χ2n) is 6.05. The van der Waals surface area contributed by atoms with Crippen molar-refractivity contribution in [3.05, 3.63) is 0 Å². The highest BCUT2D eigenvalue weighted by molar-refractivity contribution is 5.86. The van der Waals surface area contributed by atoms with E-state index in [1.165, 1.54) is 0 Å². The molecule has 2 fully saturated rings. The Kier molecular flexibility index (Phi) is 4.52. The minimum Gasteiger partial charge on any atom is -0.480 e. The summed E-state index contributed by atoms with van der Waals surface area (Å²) in [5.74, 6) is -0.444. The molecule has 6 nitrogen and oxygen atoms in total. The van der Waals surface area contributed by atoms with Gasteiger partial charge in [-0.2, -0.15) is 0 Å². The van der Waals surface area contributed by atoms with Crippen molar-refractivity contribution >= 4 is 12.0 Å². The van der Waals surface area contributed by atoms with Crippen molar-refractivity contribution in [2.75, 3.05) is 6.61 Å². The molecule has 0 aromatic carbocycles. The van der Waals surface area contributed by atoms with Crippen molar-refractivity contribution in [1.82, 2.24) is 10.6 Å². The van der Waals surface area contributed by atoms with Crippen molar-refractivity contribution in [2.45, 2.75) is 63.6 Å². The lowest BCUT2D eigenvalue weighted by molar-refractivity contribution is -0.144. The number of amides is 2. The number of hydrogen-bond donors (Lipinski definition) is 3. The van der Waals surface area contributed by atoms with Crippen molar-refractivity contribution < 1.29 is 19.4 Å². The fourth-order valence-electron chi connectivity index (χ4n) is 2.83. The fourth-order valence-corrected chi connectivity index (χ4v) is 2.83. The number of ether oxygens (including phenoxy) is 1. The van der Waals surface area contributed by atoms with Gasteiger partial charge in [0.2, 0.25) is 0 Å². The summed E-state index contributed by atoms with van der Waals surface area (Å²) in [6.45, 7) is 4.11. The highest BCUT2D eigenvalue weighted by Crippen LogP contribution is 2.38. The molecule has 1 saturated carbocycles. The van der Waals surface area contributed by atoms with Gasteiger partial charge < -0.3 is 20.5 Å². The van der Waals surface area contributed by atoms with Crippen LogP contribution in [0.4, 0.5) is 4.79 Å². The van der Waals surface area contributed by atoms with Crippen LogP contribution in [0.1, 0.15) is 46.0 Å². The Balaban J connectivity index is 1.89. The van der Waals surface area contributed by atoms with Crippen LogP contribution < -0.4 is 10.6 Å². The first-order chi connectivity index (χ1) is 9.46. The molecule has 0 aromatic rings. The minimum atomic E-state index is -1.21. The molecule has 20 heavy (non-hydrogen) atoms. The van der Waals surface area contributed by atoms with E-state index in [0.717, 1.165) is 19.3 Å². The molecular weight excluding hydrogens is 260 g/mol. The van der Waals surface area contributed by atoms with Gasteiger partial charge in [0, 0.05) is 6.61 Å². The zero-order valence-electron chi connectivity index (χ0n) is 12.1. The van der Waals surface area contributed by atoms with Gasteiger partial charge >= 0.3 is 12.0 Å². The Morgan fingerprint density at radius 3 is 2.60 bits per heavy atom. The molecule has 6 heteroatoms. The molecule has 2 amide bonds. The summed E-state index contributed by atoms with van der Waals surface area (Å²) in [6, 6.07) is -0.410. The second-order valence-corrected chi connectivity index (χ2v) is 6.05. The van der Waals surface area contributed by atoms with E-state index in [1.807, 2.05) is 6.92 Å². The van der Waals surface area contributed by atoms with Crippen molar-refractivity contribution in [1.29, 1.82) is 0 Å². The van der Waals surface area contributed by atoms with Crippen LogP contribution in [-0.4, -0.2) is 41.4 Å². The van der Waals surface area contributed by atoms with Crippen LogP contribution >= 0.6 is 0 Å². The Morgan fingerprint density at radius 1 is 1.35 bits per heavy atom. The number of carbonyl (C=O) groups excluding carboxylic acids is 1. The van der Waals surface area contributed by atoms with E-state index in [4.69, 9.17) is 4.74 Å². The first-order valence-corrected chi connectivity index (χ1v) is 7.40. The summed E-state index contributed by atoms with van der Waals surface area (Å²) in [4.78, 5) is 23.3. The third-order valence-corrected chi connectivity index (χ3v) is 4.15. The lowest BCUT2D eigenvalue weighted by Gasteiger charge is -2.27. The van der Waals surface area contributed by atoms with E-state index in [2.05, 4.69) is 10.6 Å². The first-order valence-electron chi connectivity index (χ1n) is 7.40. The quantitative estimate of drug-likeness (QED) is 0.689. The van der Waals surface area contributed by atoms with E-state index in [9.17, 15) is 14.7 Å². The van der Waals surface area contributed by atoms with E-state index >= 15 is 0 Å². The van der Waals surface area contributed by atoms with Gasteiger partial charge in [0.15, 0.2) is 0 Å². The molecule has 2 rings (SSSR count). The normalized spacial score (nSPS) is 28.7. The average Bonchev–Trinajstić information content (AvgIpc) is 3.10. The topological polar surface area (TPSA) is 87.7 Å². The molecule has 3 atom stereocenters. The molecule has 2 aliphatic rings. The summed E-state index contributed by atoms with van der Waals surface area (Å²) in [5, 5.41) is 14.7. The van der Waals surface area contributed by atoms with Gasteiger partial charge in [0.25, 0.3) is 0 Å². The lowest BCUT2D eigenvalue weighted by atomic mass is 9.96. The number of nitrogens with one attached hydrogen (secondary N) is 2. The van der Waals surface area contributed by atoms with Crippen LogP contribution in [0, 0.1) is 5.92 Å². The Morgan fingerprint density at radius 2 is 2.05 bits per heavy atom. The second kappa shape index (κ2) is 5.99. The van der Waals surface area contributed by atoms with Crippen LogP contribution in [0.2, 0.25) is 0 Å². The minimum absolute atomic E-state index is 0.00201. The molecule has 3 N–H and O–H groups in total. The molecule has 0 aromatic heterocycles. The standard InChI is InChI=1S/C14H24N2O4/c1-3-7-14(2,12(17)18)16-13(19)15-10-6-8-20-11(10)9-4-5-9/h9-11H,3-8H2,1-2H3,(H,17,18)(H2,15,16,19). The maximum Gasteiger partial charge on any atom is 0.329 e. The molecule has 0 radical (unpaired) electrons. The van der Waals surface area contributed by atoms with Gasteiger partial charge in [-0.25, -0.2) is 9.59 Å². The lowest BCUT2D eigenvalue weighted by Crippen LogP contribution is -2.57. The highest BCUT2D eigenvalue weighted by atomic mass is 16.5. The molecule has 3 unspecified atom stereocenters. The van der Waals surface area contributed by atoms with Gasteiger partial charge in [-0.05, 0) is 38.5 Å². The largest absolute Gasteiger partial charge is 0.480 e. The molecule has 1 heterocycles. The van der Waals surface area contributed by atoms with Crippen molar-refractivity contribution in [2.24, 2.45) is 5.92 Å². The Bertz CT molecular complexity index is 383. The van der Waals surface area contributed by atoms with Gasteiger partial charge in [-0.3, -0.25) is 0 Å². The SMILES string of the molecule is CCCC(C)(NC(=O)NC1CCOC1C1CC1)C(=O)O. The highest BCUT2D eigenvalue weighted by Gasteiger charge is 2.42. The Labute approximate surface area is 119 Å². The zero-order valence-corrected chi connectivity index (χ0v) is 12.1. The summed E-state index contributed by atoms with van der Waals surface area (Å²) in [6.07, 6.45) is 4.32. The van der Waals surface area contributed by atoms with Crippen LogP contribution in [0.5, 0.6) is 0 Å². The number of carboxylic acids is 1. The van der Waals surface area contributed by atoms with Crippen LogP contribution in [-0.2, 0) is 9.53 Å². The maximum atomic E-state index is 12.0. The molecular formula is C14H24N2O4. The molecule has 0 spiro atoms. The average molecular weight is 284 g/mol. The van der Waals surface area contributed by atoms with Gasteiger partial charge in [-0.15, -0.1) is 0 Å². The number of carboxylic acid groups (broad SMARTS) is 1. The monoisotopic (exact) mass is 284 g/mol. The molecule has 1 aliphatic heterocycles. The summed E-state index contributed by atoms with van der Waals surface area (Å²) in [7, 11) is 0. The van der Waals surface area contributed by atoms with Crippen LogP contribution in [0.25, 0.3) is 0 Å².